The molecule has 0 unspecified atom stereocenters. The highest BCUT2D eigenvalue weighted by Gasteiger charge is 2.24. The number of aromatic carboxylic acids is 1. The summed E-state index contributed by atoms with van der Waals surface area (Å²) >= 11 is 0. The summed E-state index contributed by atoms with van der Waals surface area (Å²) in [5.74, 6) is -1.63. The van der Waals surface area contributed by atoms with Crippen molar-refractivity contribution in [3.63, 3.8) is 0 Å². The number of hydrogen-bond acceptors (Lipinski definition) is 5. The molecule has 0 saturated carbocycles. The second kappa shape index (κ2) is 8.77. The summed E-state index contributed by atoms with van der Waals surface area (Å²) in [6.07, 6.45) is 4.33. The van der Waals surface area contributed by atoms with Crippen molar-refractivity contribution in [3.05, 3.63) is 80.6 Å². The van der Waals surface area contributed by atoms with E-state index in [1.54, 1.807) is 12.4 Å². The van der Waals surface area contributed by atoms with E-state index in [2.05, 4.69) is 13.8 Å². The fourth-order valence-electron chi connectivity index (χ4n) is 3.80. The highest BCUT2D eigenvalue weighted by Crippen LogP contribution is 2.20. The lowest BCUT2D eigenvalue weighted by Crippen LogP contribution is -2.36. The minimum atomic E-state index is -1.37. The first-order valence-corrected chi connectivity index (χ1v) is 9.92. The van der Waals surface area contributed by atoms with Gasteiger partial charge in [0.25, 0.3) is 5.56 Å². The summed E-state index contributed by atoms with van der Waals surface area (Å²) in [4.78, 5) is 39.8. The molecular weight excluding hydrogens is 398 g/mol. The van der Waals surface area contributed by atoms with Crippen molar-refractivity contribution in [1.29, 1.82) is 0 Å². The molecule has 31 heavy (non-hydrogen) atoms. The Bertz CT molecular complexity index is 1210. The van der Waals surface area contributed by atoms with Crippen LogP contribution in [0.4, 0.5) is 0 Å². The van der Waals surface area contributed by atoms with Crippen molar-refractivity contribution < 1.29 is 14.6 Å². The van der Waals surface area contributed by atoms with E-state index < -0.39 is 22.5 Å². The Kier molecular flexibility index (Phi) is 6.31. The fourth-order valence-corrected chi connectivity index (χ4v) is 3.80. The van der Waals surface area contributed by atoms with Crippen LogP contribution in [-0.2, 0) is 13.2 Å². The smallest absolute Gasteiger partial charge is 0.341 e. The highest BCUT2D eigenvalue weighted by molar-refractivity contribution is 5.88. The predicted molar refractivity (Wildman–Crippen MR) is 118 cm³/mol. The summed E-state index contributed by atoms with van der Waals surface area (Å²) in [6, 6.07) is 9.16. The third kappa shape index (κ3) is 5.03. The molecule has 8 heteroatoms. The first-order valence-electron chi connectivity index (χ1n) is 9.92. The van der Waals surface area contributed by atoms with Gasteiger partial charge in [-0.15, -0.1) is 0 Å². The molecule has 2 heterocycles. The lowest BCUT2D eigenvalue weighted by atomic mass is 9.93. The molecule has 2 aromatic heterocycles. The van der Waals surface area contributed by atoms with Gasteiger partial charge in [-0.25, -0.2) is 4.79 Å². The zero-order valence-electron chi connectivity index (χ0n) is 18.2. The zero-order valence-corrected chi connectivity index (χ0v) is 18.2. The maximum atomic E-state index is 13.3. The minimum Gasteiger partial charge on any atom is -0.483 e. The number of pyridine rings is 1. The Morgan fingerprint density at radius 1 is 1.13 bits per heavy atom. The highest BCUT2D eigenvalue weighted by atomic mass is 16.5. The van der Waals surface area contributed by atoms with Crippen LogP contribution in [0.15, 0.2) is 58.5 Å². The SMILES string of the molecule is CN(C)CC(C)(C)Cn1ccn2cc(C(=O)O)c(=O)c(OCc3ccccc3)c2c1=O. The van der Waals surface area contributed by atoms with Crippen LogP contribution in [0.2, 0.25) is 0 Å². The van der Waals surface area contributed by atoms with Gasteiger partial charge in [-0.2, -0.15) is 0 Å². The van der Waals surface area contributed by atoms with Gasteiger partial charge in [0.05, 0.1) is 0 Å². The number of nitrogens with zero attached hydrogens (tertiary/aromatic N) is 3. The molecule has 8 nitrogen and oxygen atoms in total. The van der Waals surface area contributed by atoms with Gasteiger partial charge in [-0.05, 0) is 25.1 Å². The Hall–Kier alpha value is -3.39. The lowest BCUT2D eigenvalue weighted by molar-refractivity contribution is 0.0694. The molecule has 0 bridgehead atoms. The maximum Gasteiger partial charge on any atom is 0.341 e. The molecule has 0 aliphatic rings. The van der Waals surface area contributed by atoms with Crippen LogP contribution in [-0.4, -0.2) is 45.6 Å². The largest absolute Gasteiger partial charge is 0.483 e. The first kappa shape index (κ1) is 22.3. The molecule has 0 aliphatic carbocycles. The van der Waals surface area contributed by atoms with Crippen LogP contribution < -0.4 is 15.7 Å². The van der Waals surface area contributed by atoms with Crippen molar-refractivity contribution in [3.8, 4) is 5.75 Å². The molecule has 1 aromatic carbocycles. The van der Waals surface area contributed by atoms with Crippen molar-refractivity contribution >= 4 is 11.5 Å². The van der Waals surface area contributed by atoms with E-state index in [0.717, 1.165) is 18.3 Å². The molecule has 1 N–H and O–H groups in total. The third-order valence-electron chi connectivity index (χ3n) is 4.86. The zero-order chi connectivity index (χ0) is 22.8. The Balaban J connectivity index is 2.13. The number of hydrogen-bond donors (Lipinski definition) is 1. The topological polar surface area (TPSA) is 93.2 Å². The van der Waals surface area contributed by atoms with Gasteiger partial charge >= 0.3 is 5.97 Å². The fraction of sp³-hybridized carbons (Fsp3) is 0.348. The standard InChI is InChI=1S/C23H27N3O5/c1-23(2,14-24(3)4)15-26-11-10-25-12-17(22(29)30)19(27)20(18(25)21(26)28)31-13-16-8-6-5-7-9-16/h5-12H,13-15H2,1-4H3,(H,29,30). The number of rotatable bonds is 8. The third-order valence-corrected chi connectivity index (χ3v) is 4.86. The van der Waals surface area contributed by atoms with Crippen LogP contribution in [0.3, 0.4) is 0 Å². The molecular formula is C23H27N3O5. The van der Waals surface area contributed by atoms with Crippen molar-refractivity contribution in [2.24, 2.45) is 5.41 Å². The molecule has 0 amide bonds. The monoisotopic (exact) mass is 425 g/mol. The number of carboxylic acids is 1. The van der Waals surface area contributed by atoms with E-state index in [-0.39, 0.29) is 23.3 Å². The minimum absolute atomic E-state index is 0.0223. The van der Waals surface area contributed by atoms with Crippen LogP contribution in [0.25, 0.3) is 5.52 Å². The van der Waals surface area contributed by atoms with E-state index in [0.29, 0.717) is 6.54 Å². The van der Waals surface area contributed by atoms with E-state index in [4.69, 9.17) is 4.74 Å². The molecule has 0 atom stereocenters. The van der Waals surface area contributed by atoms with Crippen molar-refractivity contribution in [2.75, 3.05) is 20.6 Å². The Morgan fingerprint density at radius 3 is 2.42 bits per heavy atom. The quantitative estimate of drug-likeness (QED) is 0.595. The van der Waals surface area contributed by atoms with Crippen molar-refractivity contribution in [2.45, 2.75) is 27.0 Å². The summed E-state index contributed by atoms with van der Waals surface area (Å²) in [5, 5.41) is 9.44. The Labute approximate surface area is 179 Å². The van der Waals surface area contributed by atoms with Crippen LogP contribution in [0.1, 0.15) is 29.8 Å². The number of carbonyl (C=O) groups is 1. The Morgan fingerprint density at radius 2 is 1.81 bits per heavy atom. The van der Waals surface area contributed by atoms with E-state index in [1.807, 2.05) is 49.3 Å². The number of benzene rings is 1. The average Bonchev–Trinajstić information content (AvgIpc) is 2.68. The lowest BCUT2D eigenvalue weighted by Gasteiger charge is -2.29. The van der Waals surface area contributed by atoms with E-state index in [1.165, 1.54) is 8.97 Å². The molecule has 0 spiro atoms. The average molecular weight is 425 g/mol. The van der Waals surface area contributed by atoms with Gasteiger partial charge in [-0.1, -0.05) is 44.2 Å². The molecule has 164 valence electrons. The maximum absolute atomic E-state index is 13.3. The second-order valence-electron chi connectivity index (χ2n) is 8.67. The molecule has 0 saturated heterocycles. The summed E-state index contributed by atoms with van der Waals surface area (Å²) < 4.78 is 8.63. The van der Waals surface area contributed by atoms with Gasteiger partial charge < -0.3 is 23.7 Å². The second-order valence-corrected chi connectivity index (χ2v) is 8.67. The molecule has 0 radical (unpaired) electrons. The van der Waals surface area contributed by atoms with Crippen molar-refractivity contribution in [1.82, 2.24) is 13.9 Å². The molecule has 3 rings (SSSR count). The predicted octanol–water partition coefficient (Wildman–Crippen LogP) is 2.33. The molecule has 0 aliphatic heterocycles. The number of fused-ring (bicyclic) bond motifs is 1. The van der Waals surface area contributed by atoms with E-state index in [9.17, 15) is 19.5 Å². The summed E-state index contributed by atoms with van der Waals surface area (Å²) in [7, 11) is 3.93. The van der Waals surface area contributed by atoms with Crippen LogP contribution in [0.5, 0.6) is 5.75 Å². The molecule has 0 fully saturated rings. The number of carboxylic acid groups (broad SMARTS) is 1. The first-order chi connectivity index (χ1) is 14.6. The number of aromatic nitrogens is 2. The van der Waals surface area contributed by atoms with E-state index >= 15 is 0 Å². The number of ether oxygens (including phenoxy) is 1. The van der Waals surface area contributed by atoms with Gasteiger partial charge in [0.15, 0.2) is 11.3 Å². The van der Waals surface area contributed by atoms with Gasteiger partial charge in [0.2, 0.25) is 5.43 Å². The summed E-state index contributed by atoms with van der Waals surface area (Å²) in [6.45, 7) is 5.32. The van der Waals surface area contributed by atoms with Crippen LogP contribution in [0, 0.1) is 5.41 Å². The van der Waals surface area contributed by atoms with Gasteiger partial charge in [0, 0.05) is 31.7 Å². The molecule has 3 aromatic rings. The van der Waals surface area contributed by atoms with Gasteiger partial charge in [0.1, 0.15) is 12.2 Å². The van der Waals surface area contributed by atoms with Gasteiger partial charge in [-0.3, -0.25) is 9.59 Å². The normalized spacial score (nSPS) is 11.8. The summed E-state index contributed by atoms with van der Waals surface area (Å²) in [5.41, 5.74) is -1.07. The van der Waals surface area contributed by atoms with Crippen LogP contribution >= 0.6 is 0 Å².